The zero-order valence-corrected chi connectivity index (χ0v) is 16.9. The molecule has 1 aromatic carbocycles. The summed E-state index contributed by atoms with van der Waals surface area (Å²) in [5, 5.41) is 0.667. The Morgan fingerprint density at radius 1 is 1.31 bits per heavy atom. The molecule has 0 aromatic heterocycles. The van der Waals surface area contributed by atoms with E-state index in [1.165, 1.54) is 0 Å². The summed E-state index contributed by atoms with van der Waals surface area (Å²) in [5.41, 5.74) is 0.577. The molecule has 2 fully saturated rings. The van der Waals surface area contributed by atoms with E-state index >= 15 is 0 Å². The summed E-state index contributed by atoms with van der Waals surface area (Å²) in [7, 11) is -3.47. The van der Waals surface area contributed by atoms with Crippen LogP contribution in [0.1, 0.15) is 38.2 Å². The predicted molar refractivity (Wildman–Crippen MR) is 102 cm³/mol. The Bertz CT molecular complexity index is 758. The summed E-state index contributed by atoms with van der Waals surface area (Å²) in [6, 6.07) is 7.59. The minimum Gasteiger partial charge on any atom is -0.342 e. The number of amides is 1. The van der Waals surface area contributed by atoms with Crippen LogP contribution in [0.2, 0.25) is 5.02 Å². The van der Waals surface area contributed by atoms with E-state index in [0.29, 0.717) is 24.0 Å². The van der Waals surface area contributed by atoms with E-state index in [2.05, 4.69) is 6.92 Å². The van der Waals surface area contributed by atoms with E-state index in [1.54, 1.807) is 0 Å². The highest BCUT2D eigenvalue weighted by Crippen LogP contribution is 2.46. The third-order valence-corrected chi connectivity index (χ3v) is 6.73. The second kappa shape index (κ2) is 7.49. The van der Waals surface area contributed by atoms with Gasteiger partial charge in [0, 0.05) is 24.0 Å². The van der Waals surface area contributed by atoms with E-state index in [1.807, 2.05) is 29.2 Å². The average Bonchev–Trinajstić information content (AvgIpc) is 2.54. The van der Waals surface area contributed by atoms with Crippen molar-refractivity contribution in [3.8, 4) is 0 Å². The van der Waals surface area contributed by atoms with Gasteiger partial charge in [0.2, 0.25) is 5.91 Å². The lowest BCUT2D eigenvalue weighted by molar-refractivity contribution is -0.143. The molecule has 0 spiro atoms. The number of benzene rings is 1. The highest BCUT2D eigenvalue weighted by atomic mass is 35.5. The molecule has 1 aliphatic heterocycles. The molecule has 26 heavy (non-hydrogen) atoms. The quantitative estimate of drug-likeness (QED) is 0.713. The van der Waals surface area contributed by atoms with E-state index in [4.69, 9.17) is 15.8 Å². The smallest absolute Gasteiger partial charge is 0.264 e. The van der Waals surface area contributed by atoms with Gasteiger partial charge in [0.05, 0.1) is 18.3 Å². The zero-order chi connectivity index (χ0) is 18.9. The molecule has 7 heteroatoms. The molecule has 0 radical (unpaired) electrons. The first-order valence-electron chi connectivity index (χ1n) is 9.11. The molecule has 1 saturated carbocycles. The van der Waals surface area contributed by atoms with Gasteiger partial charge >= 0.3 is 0 Å². The Labute approximate surface area is 160 Å². The summed E-state index contributed by atoms with van der Waals surface area (Å²) in [6.07, 6.45) is 4.67. The fraction of sp³-hybridized carbons (Fsp3) is 0.632. The summed E-state index contributed by atoms with van der Waals surface area (Å²) < 4.78 is 27.6. The topological polar surface area (TPSA) is 63.7 Å². The van der Waals surface area contributed by atoms with Crippen LogP contribution in [0.5, 0.6) is 0 Å². The Hall–Kier alpha value is -1.11. The molecule has 1 amide bonds. The maximum atomic E-state index is 13.4. The first-order chi connectivity index (χ1) is 12.2. The maximum absolute atomic E-state index is 13.4. The number of likely N-dealkylation sites (tertiary alicyclic amines) is 1. The summed E-state index contributed by atoms with van der Waals surface area (Å²) in [4.78, 5) is 15.3. The number of piperidine rings is 1. The predicted octanol–water partition coefficient (Wildman–Crippen LogP) is 3.22. The summed E-state index contributed by atoms with van der Waals surface area (Å²) in [6.45, 7) is 3.49. The van der Waals surface area contributed by atoms with Crippen LogP contribution in [0.25, 0.3) is 0 Å². The van der Waals surface area contributed by atoms with Gasteiger partial charge in [-0.25, -0.2) is 0 Å². The lowest BCUT2D eigenvalue weighted by Crippen LogP contribution is -2.55. The van der Waals surface area contributed by atoms with Crippen molar-refractivity contribution >= 4 is 27.6 Å². The lowest BCUT2D eigenvalue weighted by atomic mass is 9.63. The van der Waals surface area contributed by atoms with Gasteiger partial charge in [0.15, 0.2) is 0 Å². The molecule has 144 valence electrons. The molecule has 0 bridgehead atoms. The van der Waals surface area contributed by atoms with Crippen molar-refractivity contribution in [2.24, 2.45) is 11.8 Å². The van der Waals surface area contributed by atoms with Gasteiger partial charge in [-0.15, -0.1) is 0 Å². The van der Waals surface area contributed by atoms with Crippen LogP contribution in [-0.4, -0.2) is 45.2 Å². The number of hydrogen-bond donors (Lipinski definition) is 0. The number of hydrogen-bond acceptors (Lipinski definition) is 4. The number of carbonyl (C=O) groups is 1. The van der Waals surface area contributed by atoms with Crippen LogP contribution in [0, 0.1) is 11.8 Å². The second-order valence-corrected chi connectivity index (χ2v) is 9.79. The molecule has 1 saturated heterocycles. The Morgan fingerprint density at radius 2 is 1.96 bits per heavy atom. The minimum atomic E-state index is -3.47. The van der Waals surface area contributed by atoms with Crippen LogP contribution in [0.3, 0.4) is 0 Å². The second-order valence-electron chi connectivity index (χ2n) is 7.71. The van der Waals surface area contributed by atoms with Crippen molar-refractivity contribution in [1.29, 1.82) is 0 Å². The van der Waals surface area contributed by atoms with E-state index in [0.717, 1.165) is 37.5 Å². The number of carbonyl (C=O) groups excluding carboxylic acids is 1. The number of rotatable bonds is 5. The number of halogens is 1. The molecule has 1 aliphatic carbocycles. The molecule has 3 rings (SSSR count). The largest absolute Gasteiger partial charge is 0.342 e. The molecule has 1 heterocycles. The van der Waals surface area contributed by atoms with Crippen molar-refractivity contribution in [1.82, 2.24) is 4.90 Å². The van der Waals surface area contributed by atoms with Crippen molar-refractivity contribution in [3.05, 3.63) is 34.9 Å². The molecule has 0 N–H and O–H groups in total. The Morgan fingerprint density at radius 3 is 2.50 bits per heavy atom. The average molecular weight is 400 g/mol. The van der Waals surface area contributed by atoms with Crippen LogP contribution < -0.4 is 0 Å². The van der Waals surface area contributed by atoms with E-state index < -0.39 is 15.5 Å². The molecule has 5 nitrogen and oxygen atoms in total. The fourth-order valence-corrected chi connectivity index (χ4v) is 4.54. The van der Waals surface area contributed by atoms with Gasteiger partial charge in [-0.3, -0.25) is 8.98 Å². The highest BCUT2D eigenvalue weighted by molar-refractivity contribution is 7.85. The lowest BCUT2D eigenvalue weighted by Gasteiger charge is -2.47. The summed E-state index contributed by atoms with van der Waals surface area (Å²) >= 11 is 6.00. The molecular formula is C19H26ClNO4S. The Balaban J connectivity index is 1.74. The standard InChI is InChI=1S/C19H26ClNO4S/c1-14-8-11-21(12-15(14)13-25-26(2,23)24)18(22)19(9-3-10-19)16-4-6-17(20)7-5-16/h4-7,14-15H,3,8-13H2,1-2H3/t14-,15-/m0/s1. The fourth-order valence-electron chi connectivity index (χ4n) is 3.99. The van der Waals surface area contributed by atoms with Crippen LogP contribution in [0.15, 0.2) is 24.3 Å². The first-order valence-corrected chi connectivity index (χ1v) is 11.3. The Kier molecular flexibility index (Phi) is 5.66. The molecule has 1 aromatic rings. The van der Waals surface area contributed by atoms with Crippen LogP contribution in [-0.2, 0) is 24.5 Å². The normalized spacial score (nSPS) is 25.6. The van der Waals surface area contributed by atoms with E-state index in [9.17, 15) is 13.2 Å². The summed E-state index contributed by atoms with van der Waals surface area (Å²) in [5.74, 6) is 0.515. The minimum absolute atomic E-state index is 0.0322. The number of nitrogens with zero attached hydrogens (tertiary/aromatic N) is 1. The maximum Gasteiger partial charge on any atom is 0.264 e. The monoisotopic (exact) mass is 399 g/mol. The third-order valence-electron chi connectivity index (χ3n) is 5.91. The zero-order valence-electron chi connectivity index (χ0n) is 15.3. The van der Waals surface area contributed by atoms with Crippen LogP contribution in [0.4, 0.5) is 0 Å². The SMILES string of the molecule is C[C@H]1CCN(C(=O)C2(c3ccc(Cl)cc3)CCC2)C[C@H]1COS(C)(=O)=O. The third kappa shape index (κ3) is 4.07. The van der Waals surface area contributed by atoms with Gasteiger partial charge < -0.3 is 4.90 Å². The van der Waals surface area contributed by atoms with Gasteiger partial charge in [-0.2, -0.15) is 8.42 Å². The first kappa shape index (κ1) is 19.6. The molecule has 0 unspecified atom stereocenters. The molecule has 2 atom stereocenters. The van der Waals surface area contributed by atoms with Crippen molar-refractivity contribution in [2.45, 2.75) is 38.0 Å². The van der Waals surface area contributed by atoms with Gasteiger partial charge in [-0.1, -0.05) is 37.1 Å². The molecule has 2 aliphatic rings. The highest BCUT2D eigenvalue weighted by Gasteiger charge is 2.48. The van der Waals surface area contributed by atoms with Crippen molar-refractivity contribution in [2.75, 3.05) is 26.0 Å². The van der Waals surface area contributed by atoms with Gasteiger partial charge in [-0.05, 0) is 42.9 Å². The van der Waals surface area contributed by atoms with Gasteiger partial charge in [0.25, 0.3) is 10.1 Å². The van der Waals surface area contributed by atoms with Gasteiger partial charge in [0.1, 0.15) is 0 Å². The molecular weight excluding hydrogens is 374 g/mol. The van der Waals surface area contributed by atoms with Crippen molar-refractivity contribution in [3.63, 3.8) is 0 Å². The van der Waals surface area contributed by atoms with Crippen molar-refractivity contribution < 1.29 is 17.4 Å². The van der Waals surface area contributed by atoms with Crippen LogP contribution >= 0.6 is 11.6 Å². The van der Waals surface area contributed by atoms with E-state index in [-0.39, 0.29) is 18.4 Å².